The zero-order chi connectivity index (χ0) is 24.5. The Morgan fingerprint density at radius 2 is 1.44 bits per heavy atom. The molecule has 4 heteroatoms. The highest BCUT2D eigenvalue weighted by Gasteiger charge is 2.37. The monoisotopic (exact) mass is 455 g/mol. The second kappa shape index (κ2) is 9.09. The molecule has 3 aromatic rings. The van der Waals surface area contributed by atoms with E-state index in [-0.39, 0.29) is 16.4 Å². The Kier molecular flexibility index (Phi) is 6.35. The first-order valence-electron chi connectivity index (χ1n) is 11.8. The van der Waals surface area contributed by atoms with Gasteiger partial charge >= 0.3 is 5.97 Å². The molecule has 4 nitrogen and oxygen atoms in total. The summed E-state index contributed by atoms with van der Waals surface area (Å²) in [4.78, 5) is 17.2. The molecule has 176 valence electrons. The topological polar surface area (TPSA) is 58.9 Å². The van der Waals surface area contributed by atoms with Gasteiger partial charge in [-0.05, 0) is 71.0 Å². The van der Waals surface area contributed by atoms with Crippen molar-refractivity contribution in [2.75, 3.05) is 0 Å². The van der Waals surface area contributed by atoms with E-state index in [9.17, 15) is 9.90 Å². The second-order valence-corrected chi connectivity index (χ2v) is 10.6. The number of fused-ring (bicyclic) bond motifs is 1. The van der Waals surface area contributed by atoms with Crippen LogP contribution in [0.5, 0.6) is 0 Å². The van der Waals surface area contributed by atoms with Crippen molar-refractivity contribution in [2.24, 2.45) is 5.16 Å². The lowest BCUT2D eigenvalue weighted by atomic mass is 9.62. The molecule has 1 aliphatic carbocycles. The summed E-state index contributed by atoms with van der Waals surface area (Å²) in [5.41, 5.74) is 7.92. The summed E-state index contributed by atoms with van der Waals surface area (Å²) in [6, 6.07) is 21.4. The quantitative estimate of drug-likeness (QED) is 0.321. The Hall–Kier alpha value is -3.40. The van der Waals surface area contributed by atoms with Gasteiger partial charge in [-0.25, -0.2) is 4.79 Å². The van der Waals surface area contributed by atoms with Crippen molar-refractivity contribution in [3.05, 3.63) is 106 Å². The third-order valence-corrected chi connectivity index (χ3v) is 7.09. The highest BCUT2D eigenvalue weighted by Crippen LogP contribution is 2.46. The fraction of sp³-hybridized carbons (Fsp3) is 0.333. The van der Waals surface area contributed by atoms with Gasteiger partial charge in [0.25, 0.3) is 0 Å². The number of carboxylic acid groups (broad SMARTS) is 1. The van der Waals surface area contributed by atoms with Gasteiger partial charge in [0.2, 0.25) is 0 Å². The molecule has 0 fully saturated rings. The molecule has 0 aliphatic heterocycles. The number of hydrogen-bond acceptors (Lipinski definition) is 3. The maximum Gasteiger partial charge on any atom is 0.335 e. The predicted octanol–water partition coefficient (Wildman–Crippen LogP) is 7.01. The average Bonchev–Trinajstić information content (AvgIpc) is 2.81. The van der Waals surface area contributed by atoms with Gasteiger partial charge in [0.05, 0.1) is 5.56 Å². The number of rotatable bonds is 6. The summed E-state index contributed by atoms with van der Waals surface area (Å²) in [6.45, 7) is 11.7. The van der Waals surface area contributed by atoms with Crippen LogP contribution < -0.4 is 0 Å². The summed E-state index contributed by atoms with van der Waals surface area (Å²) >= 11 is 0. The third kappa shape index (κ3) is 4.77. The first kappa shape index (κ1) is 23.7. The van der Waals surface area contributed by atoms with Crippen LogP contribution in [0.15, 0.2) is 71.9 Å². The molecule has 0 atom stereocenters. The van der Waals surface area contributed by atoms with E-state index in [2.05, 4.69) is 51.9 Å². The lowest BCUT2D eigenvalue weighted by Crippen LogP contribution is -2.34. The van der Waals surface area contributed by atoms with Crippen LogP contribution in [-0.2, 0) is 22.3 Å². The fourth-order valence-electron chi connectivity index (χ4n) is 4.75. The number of benzene rings is 3. The van der Waals surface area contributed by atoms with E-state index in [0.29, 0.717) is 12.3 Å². The van der Waals surface area contributed by atoms with Gasteiger partial charge in [-0.3, -0.25) is 0 Å². The van der Waals surface area contributed by atoms with Crippen molar-refractivity contribution in [1.82, 2.24) is 0 Å². The summed E-state index contributed by atoms with van der Waals surface area (Å²) in [6.07, 6.45) is 2.28. The molecular weight excluding hydrogens is 422 g/mol. The van der Waals surface area contributed by atoms with E-state index in [1.54, 1.807) is 12.1 Å². The Morgan fingerprint density at radius 1 is 0.882 bits per heavy atom. The molecule has 34 heavy (non-hydrogen) atoms. The molecule has 0 saturated heterocycles. The smallest absolute Gasteiger partial charge is 0.335 e. The maximum atomic E-state index is 11.4. The molecule has 4 rings (SSSR count). The van der Waals surface area contributed by atoms with E-state index in [0.717, 1.165) is 35.1 Å². The van der Waals surface area contributed by atoms with Crippen molar-refractivity contribution < 1.29 is 14.7 Å². The van der Waals surface area contributed by atoms with Gasteiger partial charge in [0, 0.05) is 11.1 Å². The molecule has 0 saturated carbocycles. The van der Waals surface area contributed by atoms with Crippen molar-refractivity contribution in [2.45, 2.75) is 64.9 Å². The zero-order valence-electron chi connectivity index (χ0n) is 20.7. The summed E-state index contributed by atoms with van der Waals surface area (Å²) < 4.78 is 0. The molecule has 0 heterocycles. The number of oxime groups is 1. The van der Waals surface area contributed by atoms with E-state index >= 15 is 0 Å². The summed E-state index contributed by atoms with van der Waals surface area (Å²) in [5.74, 6) is -0.945. The lowest BCUT2D eigenvalue weighted by molar-refractivity contribution is 0.0697. The van der Waals surface area contributed by atoms with Crippen LogP contribution in [-0.4, -0.2) is 16.8 Å². The first-order valence-corrected chi connectivity index (χ1v) is 11.8. The summed E-state index contributed by atoms with van der Waals surface area (Å²) in [5, 5.41) is 13.9. The number of aromatic carboxylic acids is 1. The van der Waals surface area contributed by atoms with Crippen molar-refractivity contribution in [3.8, 4) is 0 Å². The van der Waals surface area contributed by atoms with E-state index in [1.165, 1.54) is 11.1 Å². The Labute approximate surface area is 202 Å². The van der Waals surface area contributed by atoms with Gasteiger partial charge in [-0.2, -0.15) is 0 Å². The molecule has 1 N–H and O–H groups in total. The average molecular weight is 456 g/mol. The van der Waals surface area contributed by atoms with Crippen LogP contribution in [0.1, 0.15) is 84.3 Å². The van der Waals surface area contributed by atoms with Gasteiger partial charge in [-0.15, -0.1) is 0 Å². The van der Waals surface area contributed by atoms with Crippen LogP contribution in [0.3, 0.4) is 0 Å². The molecule has 0 aromatic heterocycles. The molecular formula is C30H33NO3. The predicted molar refractivity (Wildman–Crippen MR) is 137 cm³/mol. The number of carbonyl (C=O) groups is 1. The number of carboxylic acids is 1. The Bertz CT molecular complexity index is 1220. The minimum Gasteiger partial charge on any atom is -0.478 e. The Morgan fingerprint density at radius 3 is 2.03 bits per heavy atom. The molecule has 0 amide bonds. The standard InChI is InChI=1S/C30H33NO3/c1-20-17-25-26(30(4,5)16-15-29(25,2)3)18-24(20)27(22-11-13-23(14-12-22)28(32)33)31-34-19-21-9-7-6-8-10-21/h6-14,17-18H,15-16,19H2,1-5H3,(H,32,33). The van der Waals surface area contributed by atoms with E-state index in [1.807, 2.05) is 42.5 Å². The molecule has 0 bridgehead atoms. The van der Waals surface area contributed by atoms with Crippen LogP contribution >= 0.6 is 0 Å². The number of nitrogens with zero attached hydrogens (tertiary/aromatic N) is 1. The van der Waals surface area contributed by atoms with Crippen molar-refractivity contribution >= 4 is 11.7 Å². The normalized spacial score (nSPS) is 16.6. The molecule has 0 unspecified atom stereocenters. The van der Waals surface area contributed by atoms with Crippen LogP contribution in [0, 0.1) is 6.92 Å². The fourth-order valence-corrected chi connectivity index (χ4v) is 4.75. The van der Waals surface area contributed by atoms with E-state index in [4.69, 9.17) is 4.84 Å². The van der Waals surface area contributed by atoms with Gasteiger partial charge in [0.15, 0.2) is 0 Å². The summed E-state index contributed by atoms with van der Waals surface area (Å²) in [7, 11) is 0. The lowest BCUT2D eigenvalue weighted by Gasteiger charge is -2.42. The van der Waals surface area contributed by atoms with Crippen molar-refractivity contribution in [1.29, 1.82) is 0 Å². The van der Waals surface area contributed by atoms with Crippen LogP contribution in [0.25, 0.3) is 0 Å². The Balaban J connectivity index is 1.81. The van der Waals surface area contributed by atoms with Crippen LogP contribution in [0.2, 0.25) is 0 Å². The first-order chi connectivity index (χ1) is 16.1. The van der Waals surface area contributed by atoms with Crippen molar-refractivity contribution in [3.63, 3.8) is 0 Å². The third-order valence-electron chi connectivity index (χ3n) is 7.09. The highest BCUT2D eigenvalue weighted by atomic mass is 16.6. The molecule has 0 spiro atoms. The minimum absolute atomic E-state index is 0.0659. The van der Waals surface area contributed by atoms with Gasteiger partial charge in [0.1, 0.15) is 12.3 Å². The maximum absolute atomic E-state index is 11.4. The minimum atomic E-state index is -0.945. The van der Waals surface area contributed by atoms with Gasteiger partial charge in [-0.1, -0.05) is 81.4 Å². The molecule has 0 radical (unpaired) electrons. The highest BCUT2D eigenvalue weighted by molar-refractivity contribution is 6.14. The molecule has 1 aliphatic rings. The SMILES string of the molecule is Cc1cc2c(cc1C(=NOCc1ccccc1)c1ccc(C(=O)O)cc1)C(C)(C)CCC2(C)C. The van der Waals surface area contributed by atoms with Gasteiger partial charge < -0.3 is 9.94 Å². The molecule has 3 aromatic carbocycles. The number of aryl methyl sites for hydroxylation is 1. The van der Waals surface area contributed by atoms with E-state index < -0.39 is 5.97 Å². The second-order valence-electron chi connectivity index (χ2n) is 10.6. The zero-order valence-corrected chi connectivity index (χ0v) is 20.7. The number of hydrogen-bond donors (Lipinski definition) is 1. The van der Waals surface area contributed by atoms with Crippen LogP contribution in [0.4, 0.5) is 0 Å². The largest absolute Gasteiger partial charge is 0.478 e.